The van der Waals surface area contributed by atoms with E-state index in [0.29, 0.717) is 17.2 Å². The molecule has 164 valence electrons. The van der Waals surface area contributed by atoms with E-state index in [-0.39, 0.29) is 0 Å². The van der Waals surface area contributed by atoms with Gasteiger partial charge in [-0.05, 0) is 66.4 Å². The fourth-order valence-corrected chi connectivity index (χ4v) is 3.99. The number of aromatic nitrogens is 3. The van der Waals surface area contributed by atoms with Crippen molar-refractivity contribution < 1.29 is 14.6 Å². The zero-order valence-corrected chi connectivity index (χ0v) is 18.7. The van der Waals surface area contributed by atoms with Crippen LogP contribution in [0.3, 0.4) is 0 Å². The second kappa shape index (κ2) is 9.51. The monoisotopic (exact) mass is 449 g/mol. The van der Waals surface area contributed by atoms with Crippen molar-refractivity contribution in [2.45, 2.75) is 32.8 Å². The van der Waals surface area contributed by atoms with E-state index >= 15 is 0 Å². The number of ether oxygens (including phenoxy) is 1. The molecule has 4 rings (SSSR count). The molecule has 2 N–H and O–H groups in total. The number of hydrogen-bond donors (Lipinski definition) is 2. The van der Waals surface area contributed by atoms with Crippen LogP contribution in [0.2, 0.25) is 5.02 Å². The number of nitrogens with one attached hydrogen (secondary N) is 1. The minimum absolute atomic E-state index is 0.377. The van der Waals surface area contributed by atoms with Crippen LogP contribution in [0.5, 0.6) is 0 Å². The minimum Gasteiger partial charge on any atom is -0.479 e. The highest BCUT2D eigenvalue weighted by atomic mass is 35.5. The van der Waals surface area contributed by atoms with Crippen molar-refractivity contribution in [2.75, 3.05) is 6.61 Å². The number of halogens is 1. The average Bonchev–Trinajstić information content (AvgIpc) is 3.31. The van der Waals surface area contributed by atoms with E-state index in [1.165, 1.54) is 0 Å². The van der Waals surface area contributed by atoms with Crippen molar-refractivity contribution in [3.05, 3.63) is 70.9 Å². The van der Waals surface area contributed by atoms with Gasteiger partial charge in [0.15, 0.2) is 6.10 Å². The summed E-state index contributed by atoms with van der Waals surface area (Å²) in [5.41, 5.74) is 5.44. The van der Waals surface area contributed by atoms with Gasteiger partial charge in [0.1, 0.15) is 0 Å². The summed E-state index contributed by atoms with van der Waals surface area (Å²) in [6.45, 7) is 4.32. The standard InChI is InChI=1S/C25H24ClN3O3/c1-3-4-13-32-24(25(30)31)22-15(2)14-21-18(23(22)16-5-7-17(26)8-6-16)9-10-19(28-21)20-11-12-27-29-20/h5-12,14,24H,3-4,13H2,1-2H3,(H,27,29)(H,30,31). The molecule has 0 saturated heterocycles. The first kappa shape index (κ1) is 22.0. The fourth-order valence-electron chi connectivity index (χ4n) is 3.86. The molecule has 2 aromatic heterocycles. The summed E-state index contributed by atoms with van der Waals surface area (Å²) in [6.07, 6.45) is 2.32. The summed E-state index contributed by atoms with van der Waals surface area (Å²) in [6, 6.07) is 15.0. The predicted molar refractivity (Wildman–Crippen MR) is 126 cm³/mol. The van der Waals surface area contributed by atoms with Gasteiger partial charge in [-0.25, -0.2) is 9.78 Å². The molecule has 0 bridgehead atoms. The summed E-state index contributed by atoms with van der Waals surface area (Å²) >= 11 is 6.12. The molecule has 6 nitrogen and oxygen atoms in total. The van der Waals surface area contributed by atoms with Crippen LogP contribution < -0.4 is 0 Å². The molecule has 7 heteroatoms. The van der Waals surface area contributed by atoms with Crippen molar-refractivity contribution >= 4 is 28.5 Å². The third kappa shape index (κ3) is 4.38. The lowest BCUT2D eigenvalue weighted by molar-refractivity contribution is -0.151. The van der Waals surface area contributed by atoms with E-state index in [2.05, 4.69) is 10.2 Å². The van der Waals surface area contributed by atoms with Crippen LogP contribution in [0, 0.1) is 6.92 Å². The summed E-state index contributed by atoms with van der Waals surface area (Å²) < 4.78 is 5.87. The molecule has 0 radical (unpaired) electrons. The summed E-state index contributed by atoms with van der Waals surface area (Å²) in [5.74, 6) is -1.01. The first-order chi connectivity index (χ1) is 15.5. The van der Waals surface area contributed by atoms with Gasteiger partial charge in [-0.3, -0.25) is 5.10 Å². The number of unbranched alkanes of at least 4 members (excludes halogenated alkanes) is 1. The van der Waals surface area contributed by atoms with E-state index in [0.717, 1.165) is 51.8 Å². The number of hydrogen-bond acceptors (Lipinski definition) is 4. The van der Waals surface area contributed by atoms with Crippen molar-refractivity contribution in [1.29, 1.82) is 0 Å². The molecule has 32 heavy (non-hydrogen) atoms. The highest BCUT2D eigenvalue weighted by Crippen LogP contribution is 2.39. The van der Waals surface area contributed by atoms with Crippen LogP contribution >= 0.6 is 11.6 Å². The van der Waals surface area contributed by atoms with Crippen molar-refractivity contribution in [3.8, 4) is 22.5 Å². The van der Waals surface area contributed by atoms with Crippen LogP contribution in [-0.2, 0) is 9.53 Å². The Hall–Kier alpha value is -3.22. The van der Waals surface area contributed by atoms with Gasteiger partial charge in [0.05, 0.1) is 16.9 Å². The summed E-state index contributed by atoms with van der Waals surface area (Å²) in [5, 5.41) is 18.4. The molecule has 2 heterocycles. The zero-order valence-electron chi connectivity index (χ0n) is 17.9. The summed E-state index contributed by atoms with van der Waals surface area (Å²) in [4.78, 5) is 17.1. The van der Waals surface area contributed by atoms with E-state index in [4.69, 9.17) is 21.3 Å². The largest absolute Gasteiger partial charge is 0.479 e. The molecule has 1 unspecified atom stereocenters. The van der Waals surface area contributed by atoms with Gasteiger partial charge in [-0.2, -0.15) is 5.10 Å². The summed E-state index contributed by atoms with van der Waals surface area (Å²) in [7, 11) is 0. The van der Waals surface area contributed by atoms with E-state index in [1.807, 2.05) is 50.2 Å². The number of H-pyrrole nitrogens is 1. The maximum Gasteiger partial charge on any atom is 0.337 e. The Morgan fingerprint density at radius 3 is 2.62 bits per heavy atom. The number of carboxylic acid groups (broad SMARTS) is 1. The molecule has 2 aromatic carbocycles. The molecule has 4 aromatic rings. The fraction of sp³-hybridized carbons (Fsp3) is 0.240. The topological polar surface area (TPSA) is 88.1 Å². The second-order valence-corrected chi connectivity index (χ2v) is 8.10. The van der Waals surface area contributed by atoms with Crippen LogP contribution in [0.15, 0.2) is 54.7 Å². The Kier molecular flexibility index (Phi) is 6.53. The Bertz CT molecular complexity index is 1240. The molecule has 0 spiro atoms. The number of benzene rings is 2. The van der Waals surface area contributed by atoms with E-state index in [9.17, 15) is 9.90 Å². The maximum absolute atomic E-state index is 12.3. The van der Waals surface area contributed by atoms with Crippen molar-refractivity contribution in [2.24, 2.45) is 0 Å². The Balaban J connectivity index is 1.96. The van der Waals surface area contributed by atoms with Crippen LogP contribution in [0.25, 0.3) is 33.4 Å². The number of carbonyl (C=O) groups is 1. The number of fused-ring (bicyclic) bond motifs is 1. The van der Waals surface area contributed by atoms with Gasteiger partial charge in [0.25, 0.3) is 0 Å². The van der Waals surface area contributed by atoms with Crippen LogP contribution in [0.4, 0.5) is 0 Å². The SMILES string of the molecule is CCCCOC(C(=O)O)c1c(C)cc2nc(-c3ccn[nH]3)ccc2c1-c1ccc(Cl)cc1. The zero-order chi connectivity index (χ0) is 22.7. The molecule has 0 aliphatic heterocycles. The lowest BCUT2D eigenvalue weighted by Gasteiger charge is -2.22. The Morgan fingerprint density at radius 2 is 1.97 bits per heavy atom. The second-order valence-electron chi connectivity index (χ2n) is 7.67. The number of nitrogens with zero attached hydrogens (tertiary/aromatic N) is 2. The predicted octanol–water partition coefficient (Wildman–Crippen LogP) is 6.20. The van der Waals surface area contributed by atoms with Gasteiger partial charge in [0, 0.05) is 28.8 Å². The van der Waals surface area contributed by atoms with Gasteiger partial charge < -0.3 is 9.84 Å². The number of aryl methyl sites for hydroxylation is 1. The Morgan fingerprint density at radius 1 is 1.19 bits per heavy atom. The third-order valence-corrected chi connectivity index (χ3v) is 5.67. The van der Waals surface area contributed by atoms with Crippen LogP contribution in [0.1, 0.15) is 37.0 Å². The maximum atomic E-state index is 12.3. The van der Waals surface area contributed by atoms with Gasteiger partial charge >= 0.3 is 5.97 Å². The number of carboxylic acids is 1. The molecule has 0 amide bonds. The first-order valence-electron chi connectivity index (χ1n) is 10.5. The number of aromatic amines is 1. The highest BCUT2D eigenvalue weighted by Gasteiger charge is 2.28. The lowest BCUT2D eigenvalue weighted by Crippen LogP contribution is -2.18. The normalized spacial score (nSPS) is 12.2. The molecule has 0 aliphatic rings. The van der Waals surface area contributed by atoms with Gasteiger partial charge in [-0.1, -0.05) is 37.1 Å². The van der Waals surface area contributed by atoms with Crippen molar-refractivity contribution in [1.82, 2.24) is 15.2 Å². The molecular formula is C25H24ClN3O3. The van der Waals surface area contributed by atoms with Crippen molar-refractivity contribution in [3.63, 3.8) is 0 Å². The van der Waals surface area contributed by atoms with Gasteiger partial charge in [0.2, 0.25) is 0 Å². The Labute approximate surface area is 191 Å². The molecule has 0 aliphatic carbocycles. The molecule has 0 saturated carbocycles. The number of aliphatic carboxylic acids is 1. The molecule has 1 atom stereocenters. The number of pyridine rings is 1. The quantitative estimate of drug-likeness (QED) is 0.313. The highest BCUT2D eigenvalue weighted by molar-refractivity contribution is 6.30. The first-order valence-corrected chi connectivity index (χ1v) is 10.9. The van der Waals surface area contributed by atoms with Crippen LogP contribution in [-0.4, -0.2) is 32.9 Å². The third-order valence-electron chi connectivity index (χ3n) is 5.42. The van der Waals surface area contributed by atoms with E-state index in [1.54, 1.807) is 18.3 Å². The number of rotatable bonds is 8. The average molecular weight is 450 g/mol. The smallest absolute Gasteiger partial charge is 0.337 e. The van der Waals surface area contributed by atoms with E-state index < -0.39 is 12.1 Å². The molecule has 0 fully saturated rings. The van der Waals surface area contributed by atoms with Gasteiger partial charge in [-0.15, -0.1) is 0 Å². The minimum atomic E-state index is -1.08. The lowest BCUT2D eigenvalue weighted by atomic mass is 9.88. The molecular weight excluding hydrogens is 426 g/mol.